The fourth-order valence-corrected chi connectivity index (χ4v) is 1.41. The van der Waals surface area contributed by atoms with Crippen LogP contribution in [-0.4, -0.2) is 11.9 Å². The summed E-state index contributed by atoms with van der Waals surface area (Å²) in [5, 5.41) is 3.31. The van der Waals surface area contributed by atoms with Gasteiger partial charge >= 0.3 is 0 Å². The Morgan fingerprint density at radius 3 is 2.73 bits per heavy atom. The number of hydrogen-bond donors (Lipinski definition) is 2. The molecule has 0 aliphatic heterocycles. The second kappa shape index (κ2) is 4.82. The molecule has 0 aliphatic rings. The standard InChI is InChI=1S/C12H18N2O/c1-4-9(3)14-11-8(2)6-5-7-10(11)12(13)15/h5-7,9,14H,4H2,1-3H3,(H2,13,15)/t9-/m0/s1. The topological polar surface area (TPSA) is 55.1 Å². The summed E-state index contributed by atoms with van der Waals surface area (Å²) in [6.45, 7) is 6.15. The van der Waals surface area contributed by atoms with Gasteiger partial charge in [-0.1, -0.05) is 19.1 Å². The van der Waals surface area contributed by atoms with Crippen LogP contribution in [0.15, 0.2) is 18.2 Å². The molecule has 3 N–H and O–H groups in total. The van der Waals surface area contributed by atoms with Crippen molar-refractivity contribution in [3.05, 3.63) is 29.3 Å². The Hall–Kier alpha value is -1.51. The van der Waals surface area contributed by atoms with E-state index in [1.54, 1.807) is 6.07 Å². The van der Waals surface area contributed by atoms with E-state index in [-0.39, 0.29) is 5.91 Å². The monoisotopic (exact) mass is 206 g/mol. The molecular weight excluding hydrogens is 188 g/mol. The average Bonchev–Trinajstić information content (AvgIpc) is 2.20. The average molecular weight is 206 g/mol. The van der Waals surface area contributed by atoms with Gasteiger partial charge in [-0.15, -0.1) is 0 Å². The van der Waals surface area contributed by atoms with Crippen LogP contribution >= 0.6 is 0 Å². The summed E-state index contributed by atoms with van der Waals surface area (Å²) in [6.07, 6.45) is 1.01. The van der Waals surface area contributed by atoms with Crippen LogP contribution < -0.4 is 11.1 Å². The molecule has 0 aromatic heterocycles. The molecule has 3 nitrogen and oxygen atoms in total. The molecule has 0 aliphatic carbocycles. The lowest BCUT2D eigenvalue weighted by Crippen LogP contribution is -2.20. The number of para-hydroxylation sites is 1. The predicted molar refractivity (Wildman–Crippen MR) is 63.1 cm³/mol. The Balaban J connectivity index is 3.07. The van der Waals surface area contributed by atoms with Crippen LogP contribution in [0.25, 0.3) is 0 Å². The first-order valence-electron chi connectivity index (χ1n) is 5.22. The molecule has 0 saturated carbocycles. The van der Waals surface area contributed by atoms with Gasteiger partial charge in [0, 0.05) is 6.04 Å². The fraction of sp³-hybridized carbons (Fsp3) is 0.417. The molecule has 15 heavy (non-hydrogen) atoms. The minimum absolute atomic E-state index is 0.337. The van der Waals surface area contributed by atoms with Crippen LogP contribution in [0.4, 0.5) is 5.69 Å². The molecule has 1 aromatic carbocycles. The maximum Gasteiger partial charge on any atom is 0.250 e. The summed E-state index contributed by atoms with van der Waals surface area (Å²) >= 11 is 0. The minimum Gasteiger partial charge on any atom is -0.382 e. The molecule has 0 heterocycles. The Morgan fingerprint density at radius 1 is 1.53 bits per heavy atom. The third-order valence-corrected chi connectivity index (χ3v) is 2.54. The lowest BCUT2D eigenvalue weighted by Gasteiger charge is -2.17. The van der Waals surface area contributed by atoms with Gasteiger partial charge in [-0.2, -0.15) is 0 Å². The summed E-state index contributed by atoms with van der Waals surface area (Å²) in [4.78, 5) is 11.2. The van der Waals surface area contributed by atoms with Crippen molar-refractivity contribution in [2.75, 3.05) is 5.32 Å². The molecule has 82 valence electrons. The summed E-state index contributed by atoms with van der Waals surface area (Å²) in [5.74, 6) is -0.385. The molecule has 1 atom stereocenters. The second-order valence-corrected chi connectivity index (χ2v) is 3.82. The van der Waals surface area contributed by atoms with Gasteiger partial charge in [-0.25, -0.2) is 0 Å². The highest BCUT2D eigenvalue weighted by Crippen LogP contribution is 2.21. The first-order chi connectivity index (χ1) is 7.06. The Kier molecular flexibility index (Phi) is 3.72. The van der Waals surface area contributed by atoms with Crippen molar-refractivity contribution in [2.45, 2.75) is 33.2 Å². The van der Waals surface area contributed by atoms with Gasteiger partial charge in [0.25, 0.3) is 5.91 Å². The van der Waals surface area contributed by atoms with Crippen LogP contribution in [0.2, 0.25) is 0 Å². The molecule has 1 aromatic rings. The summed E-state index contributed by atoms with van der Waals surface area (Å²) < 4.78 is 0. The van der Waals surface area contributed by atoms with Crippen LogP contribution in [-0.2, 0) is 0 Å². The maximum absolute atomic E-state index is 11.2. The number of aryl methyl sites for hydroxylation is 1. The van der Waals surface area contributed by atoms with Gasteiger partial charge in [0.05, 0.1) is 11.3 Å². The number of rotatable bonds is 4. The first kappa shape index (κ1) is 11.6. The smallest absolute Gasteiger partial charge is 0.250 e. The van der Waals surface area contributed by atoms with E-state index in [9.17, 15) is 4.79 Å². The lowest BCUT2D eigenvalue weighted by molar-refractivity contribution is 0.100. The molecule has 0 saturated heterocycles. The summed E-state index contributed by atoms with van der Waals surface area (Å²) in [7, 11) is 0. The van der Waals surface area contributed by atoms with Crippen molar-refractivity contribution in [3.63, 3.8) is 0 Å². The number of nitrogens with one attached hydrogen (secondary N) is 1. The normalized spacial score (nSPS) is 12.2. The van der Waals surface area contributed by atoms with Gasteiger partial charge < -0.3 is 11.1 Å². The van der Waals surface area contributed by atoms with Crippen LogP contribution in [0.1, 0.15) is 36.2 Å². The zero-order chi connectivity index (χ0) is 11.4. The van der Waals surface area contributed by atoms with Crippen molar-refractivity contribution in [1.82, 2.24) is 0 Å². The second-order valence-electron chi connectivity index (χ2n) is 3.82. The highest BCUT2D eigenvalue weighted by molar-refractivity contribution is 5.99. The van der Waals surface area contributed by atoms with E-state index in [1.807, 2.05) is 19.1 Å². The molecule has 0 fully saturated rings. The number of hydrogen-bond acceptors (Lipinski definition) is 2. The lowest BCUT2D eigenvalue weighted by atomic mass is 10.1. The molecule has 1 amide bonds. The van der Waals surface area contributed by atoms with Crippen molar-refractivity contribution in [1.29, 1.82) is 0 Å². The van der Waals surface area contributed by atoms with Crippen molar-refractivity contribution >= 4 is 11.6 Å². The van der Waals surface area contributed by atoms with Gasteiger partial charge in [0.2, 0.25) is 0 Å². The molecular formula is C12H18N2O. The minimum atomic E-state index is -0.385. The highest BCUT2D eigenvalue weighted by atomic mass is 16.1. The third kappa shape index (κ3) is 2.72. The van der Waals surface area contributed by atoms with Gasteiger partial charge in [-0.05, 0) is 31.9 Å². The Bertz CT molecular complexity index is 361. The van der Waals surface area contributed by atoms with E-state index in [0.29, 0.717) is 11.6 Å². The number of carbonyl (C=O) groups is 1. The van der Waals surface area contributed by atoms with E-state index >= 15 is 0 Å². The number of nitrogens with two attached hydrogens (primary N) is 1. The highest BCUT2D eigenvalue weighted by Gasteiger charge is 2.11. The quantitative estimate of drug-likeness (QED) is 0.794. The van der Waals surface area contributed by atoms with Gasteiger partial charge in [0.15, 0.2) is 0 Å². The van der Waals surface area contributed by atoms with Crippen LogP contribution in [0.3, 0.4) is 0 Å². The first-order valence-corrected chi connectivity index (χ1v) is 5.22. The number of anilines is 1. The number of benzene rings is 1. The van der Waals surface area contributed by atoms with Crippen molar-refractivity contribution in [3.8, 4) is 0 Å². The van der Waals surface area contributed by atoms with E-state index in [0.717, 1.165) is 17.7 Å². The van der Waals surface area contributed by atoms with E-state index in [4.69, 9.17) is 5.73 Å². The van der Waals surface area contributed by atoms with Crippen molar-refractivity contribution in [2.24, 2.45) is 5.73 Å². The third-order valence-electron chi connectivity index (χ3n) is 2.54. The predicted octanol–water partition coefficient (Wildman–Crippen LogP) is 2.30. The summed E-state index contributed by atoms with van der Waals surface area (Å²) in [6, 6.07) is 5.90. The van der Waals surface area contributed by atoms with Crippen molar-refractivity contribution < 1.29 is 4.79 Å². The maximum atomic E-state index is 11.2. The molecule has 0 radical (unpaired) electrons. The zero-order valence-corrected chi connectivity index (χ0v) is 9.50. The molecule has 0 unspecified atom stereocenters. The van der Waals surface area contributed by atoms with E-state index in [2.05, 4.69) is 19.2 Å². The molecule has 0 bridgehead atoms. The zero-order valence-electron chi connectivity index (χ0n) is 9.50. The largest absolute Gasteiger partial charge is 0.382 e. The van der Waals surface area contributed by atoms with Gasteiger partial charge in [-0.3, -0.25) is 4.79 Å². The number of amides is 1. The van der Waals surface area contributed by atoms with Gasteiger partial charge in [0.1, 0.15) is 0 Å². The SMILES string of the molecule is CC[C@H](C)Nc1c(C)cccc1C(N)=O. The molecule has 0 spiro atoms. The number of carbonyl (C=O) groups excluding carboxylic acids is 1. The van der Waals surface area contributed by atoms with E-state index < -0.39 is 0 Å². The number of primary amides is 1. The summed E-state index contributed by atoms with van der Waals surface area (Å²) in [5.41, 5.74) is 7.80. The molecule has 3 heteroatoms. The van der Waals surface area contributed by atoms with Crippen LogP contribution in [0.5, 0.6) is 0 Å². The fourth-order valence-electron chi connectivity index (χ4n) is 1.41. The Morgan fingerprint density at radius 2 is 2.20 bits per heavy atom. The van der Waals surface area contributed by atoms with Crippen LogP contribution in [0, 0.1) is 6.92 Å². The molecule has 1 rings (SSSR count). The Labute approximate surface area is 90.7 Å². The van der Waals surface area contributed by atoms with E-state index in [1.165, 1.54) is 0 Å².